The number of aromatic nitrogens is 2. The standard InChI is InChI=1S/C17H20FN5O2/c1-3-13-10(2)16(21-20-13)19-17(25)14-8-9-15(24)23(22-14)12-6-4-11(18)5-7-12/h4-10,13,16,20-21H,3H2,1-2H3,(H,19,25). The van der Waals surface area contributed by atoms with E-state index in [-0.39, 0.29) is 23.8 Å². The molecule has 132 valence electrons. The van der Waals surface area contributed by atoms with Gasteiger partial charge in [-0.1, -0.05) is 13.8 Å². The number of amides is 1. The van der Waals surface area contributed by atoms with Crippen LogP contribution >= 0.6 is 0 Å². The Labute approximate surface area is 144 Å². The first-order chi connectivity index (χ1) is 12.0. The van der Waals surface area contributed by atoms with Crippen LogP contribution in [0, 0.1) is 11.7 Å². The third-order valence-corrected chi connectivity index (χ3v) is 4.42. The van der Waals surface area contributed by atoms with Crippen LogP contribution in [0.1, 0.15) is 30.8 Å². The molecule has 3 atom stereocenters. The minimum atomic E-state index is -0.412. The zero-order chi connectivity index (χ0) is 18.0. The van der Waals surface area contributed by atoms with E-state index in [1.807, 2.05) is 6.92 Å². The van der Waals surface area contributed by atoms with Gasteiger partial charge in [0.05, 0.1) is 11.9 Å². The maximum atomic E-state index is 13.1. The van der Waals surface area contributed by atoms with Crippen LogP contribution in [0.2, 0.25) is 0 Å². The molecule has 3 N–H and O–H groups in total. The molecule has 1 amide bonds. The van der Waals surface area contributed by atoms with E-state index < -0.39 is 17.3 Å². The molecule has 2 aromatic rings. The fourth-order valence-electron chi connectivity index (χ4n) is 2.85. The summed E-state index contributed by atoms with van der Waals surface area (Å²) in [6.07, 6.45) is 0.708. The Bertz CT molecular complexity index is 821. The molecule has 1 saturated heterocycles. The number of hydrogen-bond acceptors (Lipinski definition) is 5. The second-order valence-electron chi connectivity index (χ2n) is 6.06. The van der Waals surface area contributed by atoms with Crippen LogP contribution in [0.5, 0.6) is 0 Å². The molecule has 0 aliphatic carbocycles. The smallest absolute Gasteiger partial charge is 0.273 e. The van der Waals surface area contributed by atoms with Crippen LogP contribution in [0.25, 0.3) is 5.69 Å². The SMILES string of the molecule is CCC1NNC(NC(=O)c2ccc(=O)n(-c3ccc(F)cc3)n2)C1C. The lowest BCUT2D eigenvalue weighted by molar-refractivity contribution is 0.0915. The van der Waals surface area contributed by atoms with Crippen LogP contribution < -0.4 is 21.7 Å². The van der Waals surface area contributed by atoms with Crippen molar-refractivity contribution in [3.63, 3.8) is 0 Å². The van der Waals surface area contributed by atoms with Crippen LogP contribution in [0.4, 0.5) is 4.39 Å². The highest BCUT2D eigenvalue weighted by molar-refractivity contribution is 5.92. The molecule has 3 unspecified atom stereocenters. The fraction of sp³-hybridized carbons (Fsp3) is 0.353. The van der Waals surface area contributed by atoms with Crippen molar-refractivity contribution >= 4 is 5.91 Å². The van der Waals surface area contributed by atoms with Gasteiger partial charge in [0.1, 0.15) is 11.5 Å². The number of nitrogens with zero attached hydrogens (tertiary/aromatic N) is 2. The maximum absolute atomic E-state index is 13.1. The average molecular weight is 345 g/mol. The lowest BCUT2D eigenvalue weighted by Crippen LogP contribution is -2.46. The topological polar surface area (TPSA) is 88.0 Å². The first kappa shape index (κ1) is 17.2. The Kier molecular flexibility index (Phi) is 4.91. The van der Waals surface area contributed by atoms with E-state index in [1.54, 1.807) is 0 Å². The Morgan fingerprint density at radius 3 is 2.60 bits per heavy atom. The lowest BCUT2D eigenvalue weighted by atomic mass is 9.99. The minimum absolute atomic E-state index is 0.109. The summed E-state index contributed by atoms with van der Waals surface area (Å²) >= 11 is 0. The van der Waals surface area contributed by atoms with Crippen molar-refractivity contribution in [1.82, 2.24) is 25.9 Å². The van der Waals surface area contributed by atoms with Gasteiger partial charge in [-0.15, -0.1) is 0 Å². The third-order valence-electron chi connectivity index (χ3n) is 4.42. The molecular formula is C17H20FN5O2. The number of hydrogen-bond donors (Lipinski definition) is 3. The normalized spacial score (nSPS) is 22.8. The molecular weight excluding hydrogens is 325 g/mol. The number of carbonyl (C=O) groups excluding carboxylic acids is 1. The summed E-state index contributed by atoms with van der Waals surface area (Å²) in [6.45, 7) is 4.11. The van der Waals surface area contributed by atoms with Gasteiger partial charge in [0, 0.05) is 18.0 Å². The number of hydrazine groups is 1. The van der Waals surface area contributed by atoms with Gasteiger partial charge in [-0.05, 0) is 36.8 Å². The Balaban J connectivity index is 1.81. The number of nitrogens with one attached hydrogen (secondary N) is 3. The van der Waals surface area contributed by atoms with Crippen molar-refractivity contribution in [3.05, 3.63) is 58.3 Å². The zero-order valence-corrected chi connectivity index (χ0v) is 14.0. The van der Waals surface area contributed by atoms with Crippen molar-refractivity contribution in [2.24, 2.45) is 5.92 Å². The largest absolute Gasteiger partial charge is 0.334 e. The zero-order valence-electron chi connectivity index (χ0n) is 14.0. The number of rotatable bonds is 4. The second kappa shape index (κ2) is 7.12. The van der Waals surface area contributed by atoms with Crippen molar-refractivity contribution in [3.8, 4) is 5.69 Å². The summed E-state index contributed by atoms with van der Waals surface area (Å²) in [4.78, 5) is 24.5. The molecule has 7 nitrogen and oxygen atoms in total. The third kappa shape index (κ3) is 3.59. The molecule has 1 fully saturated rings. The Morgan fingerprint density at radius 2 is 1.96 bits per heavy atom. The van der Waals surface area contributed by atoms with E-state index in [9.17, 15) is 14.0 Å². The van der Waals surface area contributed by atoms with Crippen molar-refractivity contribution in [2.45, 2.75) is 32.5 Å². The van der Waals surface area contributed by atoms with Gasteiger partial charge in [0.2, 0.25) is 0 Å². The van der Waals surface area contributed by atoms with Crippen molar-refractivity contribution < 1.29 is 9.18 Å². The van der Waals surface area contributed by atoms with Crippen LogP contribution in [0.15, 0.2) is 41.2 Å². The highest BCUT2D eigenvalue weighted by Gasteiger charge is 2.32. The summed E-state index contributed by atoms with van der Waals surface area (Å²) in [5.74, 6) is -0.597. The predicted octanol–water partition coefficient (Wildman–Crippen LogP) is 0.950. The number of carbonyl (C=O) groups is 1. The molecule has 25 heavy (non-hydrogen) atoms. The highest BCUT2D eigenvalue weighted by Crippen LogP contribution is 2.15. The van der Waals surface area contributed by atoms with E-state index in [0.717, 1.165) is 11.1 Å². The first-order valence-corrected chi connectivity index (χ1v) is 8.18. The van der Waals surface area contributed by atoms with Gasteiger partial charge in [0.25, 0.3) is 11.5 Å². The minimum Gasteiger partial charge on any atom is -0.334 e. The molecule has 1 aliphatic rings. The fourth-order valence-corrected chi connectivity index (χ4v) is 2.85. The van der Waals surface area contributed by atoms with E-state index in [0.29, 0.717) is 5.69 Å². The molecule has 1 aromatic carbocycles. The van der Waals surface area contributed by atoms with Gasteiger partial charge in [-0.3, -0.25) is 15.0 Å². The Morgan fingerprint density at radius 1 is 1.24 bits per heavy atom. The molecule has 0 radical (unpaired) electrons. The van der Waals surface area contributed by atoms with Crippen LogP contribution in [-0.2, 0) is 0 Å². The maximum Gasteiger partial charge on any atom is 0.273 e. The van der Waals surface area contributed by atoms with Crippen molar-refractivity contribution in [2.75, 3.05) is 0 Å². The van der Waals surface area contributed by atoms with Crippen molar-refractivity contribution in [1.29, 1.82) is 0 Å². The number of halogens is 1. The first-order valence-electron chi connectivity index (χ1n) is 8.18. The lowest BCUT2D eigenvalue weighted by Gasteiger charge is -2.18. The van der Waals surface area contributed by atoms with Gasteiger partial charge in [0.15, 0.2) is 0 Å². The molecule has 0 bridgehead atoms. The predicted molar refractivity (Wildman–Crippen MR) is 90.6 cm³/mol. The van der Waals surface area contributed by atoms with Crippen LogP contribution in [0.3, 0.4) is 0 Å². The van der Waals surface area contributed by atoms with E-state index >= 15 is 0 Å². The summed E-state index contributed by atoms with van der Waals surface area (Å²) in [6, 6.07) is 8.25. The van der Waals surface area contributed by atoms with E-state index in [1.165, 1.54) is 36.4 Å². The molecule has 3 rings (SSSR count). The van der Waals surface area contributed by atoms with Gasteiger partial charge < -0.3 is 5.32 Å². The number of benzene rings is 1. The van der Waals surface area contributed by atoms with Gasteiger partial charge in [-0.2, -0.15) is 9.78 Å². The van der Waals surface area contributed by atoms with E-state index in [2.05, 4.69) is 28.2 Å². The summed E-state index contributed by atoms with van der Waals surface area (Å²) < 4.78 is 14.1. The Hall–Kier alpha value is -2.58. The van der Waals surface area contributed by atoms with Gasteiger partial charge >= 0.3 is 0 Å². The quantitative estimate of drug-likeness (QED) is 0.768. The van der Waals surface area contributed by atoms with E-state index in [4.69, 9.17) is 0 Å². The summed E-state index contributed by atoms with van der Waals surface area (Å²) in [5, 5.41) is 6.97. The van der Waals surface area contributed by atoms with Gasteiger partial charge in [-0.25, -0.2) is 9.82 Å². The van der Waals surface area contributed by atoms with Crippen LogP contribution in [-0.4, -0.2) is 27.9 Å². The molecule has 2 heterocycles. The molecule has 0 saturated carbocycles. The molecule has 1 aliphatic heterocycles. The molecule has 8 heteroatoms. The highest BCUT2D eigenvalue weighted by atomic mass is 19.1. The average Bonchev–Trinajstić information content (AvgIpc) is 2.96. The molecule has 1 aromatic heterocycles. The second-order valence-corrected chi connectivity index (χ2v) is 6.06. The monoisotopic (exact) mass is 345 g/mol. The molecule has 0 spiro atoms. The summed E-state index contributed by atoms with van der Waals surface area (Å²) in [7, 11) is 0. The summed E-state index contributed by atoms with van der Waals surface area (Å²) in [5.41, 5.74) is 6.29.